The van der Waals surface area contributed by atoms with Crippen molar-refractivity contribution in [1.29, 1.82) is 0 Å². The summed E-state index contributed by atoms with van der Waals surface area (Å²) >= 11 is 0. The maximum atomic E-state index is 10.9. The van der Waals surface area contributed by atoms with Crippen LogP contribution in [0.15, 0.2) is 18.2 Å². The lowest BCUT2D eigenvalue weighted by Gasteiger charge is -2.33. The first-order valence-electron chi connectivity index (χ1n) is 6.22. The van der Waals surface area contributed by atoms with Gasteiger partial charge in [-0.15, -0.1) is 0 Å². The van der Waals surface area contributed by atoms with E-state index in [1.54, 1.807) is 13.0 Å². The van der Waals surface area contributed by atoms with Crippen LogP contribution in [0.1, 0.15) is 32.3 Å². The molecule has 100 valence electrons. The number of benzene rings is 1. The molecule has 0 heterocycles. The summed E-state index contributed by atoms with van der Waals surface area (Å²) < 4.78 is 0. The first-order valence-corrected chi connectivity index (χ1v) is 6.22. The van der Waals surface area contributed by atoms with Crippen molar-refractivity contribution in [3.63, 3.8) is 0 Å². The summed E-state index contributed by atoms with van der Waals surface area (Å²) in [5.74, 6) is 0. The number of nitrogens with zero attached hydrogens (tertiary/aromatic N) is 1. The highest BCUT2D eigenvalue weighted by Gasteiger charge is 2.25. The molecule has 1 aromatic carbocycles. The normalized spacial score (nSPS) is 11.3. The Hall–Kier alpha value is -1.62. The van der Waals surface area contributed by atoms with Gasteiger partial charge in [0.2, 0.25) is 0 Å². The van der Waals surface area contributed by atoms with Gasteiger partial charge in [-0.05, 0) is 25.8 Å². The van der Waals surface area contributed by atoms with Crippen LogP contribution in [0.3, 0.4) is 0 Å². The molecule has 0 saturated carbocycles. The predicted molar refractivity (Wildman–Crippen MR) is 73.8 cm³/mol. The third-order valence-electron chi connectivity index (χ3n) is 3.65. The van der Waals surface area contributed by atoms with Crippen LogP contribution in [0, 0.1) is 17.0 Å². The summed E-state index contributed by atoms with van der Waals surface area (Å²) in [7, 11) is 0. The molecule has 5 nitrogen and oxygen atoms in total. The van der Waals surface area contributed by atoms with E-state index in [9.17, 15) is 10.1 Å². The maximum absolute atomic E-state index is 10.9. The summed E-state index contributed by atoms with van der Waals surface area (Å²) in [6.45, 7) is 6.39. The molecule has 0 aliphatic heterocycles. The van der Waals surface area contributed by atoms with Crippen molar-refractivity contribution in [2.45, 2.75) is 39.2 Å². The molecule has 0 fully saturated rings. The van der Waals surface area contributed by atoms with Gasteiger partial charge < -0.3 is 11.1 Å². The van der Waals surface area contributed by atoms with Gasteiger partial charge in [0.1, 0.15) is 0 Å². The van der Waals surface area contributed by atoms with E-state index in [0.29, 0.717) is 12.1 Å². The fraction of sp³-hybridized carbons (Fsp3) is 0.538. The van der Waals surface area contributed by atoms with E-state index >= 15 is 0 Å². The molecule has 0 spiro atoms. The van der Waals surface area contributed by atoms with E-state index in [2.05, 4.69) is 19.2 Å². The Morgan fingerprint density at radius 3 is 2.44 bits per heavy atom. The predicted octanol–water partition coefficient (Wildman–Crippen LogP) is 2.83. The third-order valence-corrected chi connectivity index (χ3v) is 3.65. The highest BCUT2D eigenvalue weighted by molar-refractivity contribution is 5.60. The van der Waals surface area contributed by atoms with Crippen molar-refractivity contribution < 1.29 is 4.92 Å². The Bertz CT molecular complexity index is 420. The van der Waals surface area contributed by atoms with Gasteiger partial charge in [-0.2, -0.15) is 0 Å². The maximum Gasteiger partial charge on any atom is 0.274 e. The van der Waals surface area contributed by atoms with Crippen molar-refractivity contribution in [2.24, 2.45) is 5.73 Å². The summed E-state index contributed by atoms with van der Waals surface area (Å²) in [4.78, 5) is 10.5. The molecule has 0 atom stereocenters. The topological polar surface area (TPSA) is 81.2 Å². The molecular formula is C13H21N3O2. The molecule has 0 saturated heterocycles. The summed E-state index contributed by atoms with van der Waals surface area (Å²) in [5.41, 5.74) is 7.22. The largest absolute Gasteiger partial charge is 0.378 e. The average molecular weight is 251 g/mol. The van der Waals surface area contributed by atoms with E-state index in [1.165, 1.54) is 6.07 Å². The minimum absolute atomic E-state index is 0.137. The number of nitrogens with two attached hydrogens (primary N) is 1. The Morgan fingerprint density at radius 2 is 2.00 bits per heavy atom. The second kappa shape index (κ2) is 5.82. The van der Waals surface area contributed by atoms with Crippen LogP contribution in [0.25, 0.3) is 0 Å². The van der Waals surface area contributed by atoms with Gasteiger partial charge in [-0.1, -0.05) is 19.9 Å². The molecule has 0 bridgehead atoms. The number of rotatable bonds is 6. The quantitative estimate of drug-likeness (QED) is 0.601. The highest BCUT2D eigenvalue weighted by Crippen LogP contribution is 2.29. The van der Waals surface area contributed by atoms with Crippen molar-refractivity contribution in [1.82, 2.24) is 0 Å². The lowest BCUT2D eigenvalue weighted by Crippen LogP contribution is -2.44. The Morgan fingerprint density at radius 1 is 1.39 bits per heavy atom. The number of anilines is 1. The standard InChI is InChI=1S/C13H21N3O2/c1-4-13(5-2,9-14)15-11-7-6-8-12(10(11)3)16(17)18/h6-8,15H,4-5,9,14H2,1-3H3. The van der Waals surface area contributed by atoms with Gasteiger partial charge in [-0.3, -0.25) is 10.1 Å². The summed E-state index contributed by atoms with van der Waals surface area (Å²) in [6.07, 6.45) is 1.75. The summed E-state index contributed by atoms with van der Waals surface area (Å²) in [5, 5.41) is 14.3. The third kappa shape index (κ3) is 2.79. The summed E-state index contributed by atoms with van der Waals surface area (Å²) in [6, 6.07) is 5.07. The smallest absolute Gasteiger partial charge is 0.274 e. The zero-order valence-electron chi connectivity index (χ0n) is 11.2. The van der Waals surface area contributed by atoms with Crippen molar-refractivity contribution in [3.05, 3.63) is 33.9 Å². The molecule has 3 N–H and O–H groups in total. The highest BCUT2D eigenvalue weighted by atomic mass is 16.6. The molecule has 0 aromatic heterocycles. The van der Waals surface area contributed by atoms with Crippen LogP contribution in [0.2, 0.25) is 0 Å². The number of nitrogens with one attached hydrogen (secondary N) is 1. The molecule has 1 rings (SSSR count). The number of hydrogen-bond acceptors (Lipinski definition) is 4. The van der Waals surface area contributed by atoms with E-state index in [0.717, 1.165) is 18.5 Å². The molecule has 0 aliphatic carbocycles. The van der Waals surface area contributed by atoms with Crippen molar-refractivity contribution >= 4 is 11.4 Å². The van der Waals surface area contributed by atoms with Crippen LogP contribution >= 0.6 is 0 Å². The Labute approximate surface area is 108 Å². The van der Waals surface area contributed by atoms with Crippen LogP contribution < -0.4 is 11.1 Å². The van der Waals surface area contributed by atoms with E-state index < -0.39 is 0 Å². The van der Waals surface area contributed by atoms with Gasteiger partial charge in [0, 0.05) is 29.4 Å². The number of hydrogen-bond donors (Lipinski definition) is 2. The number of nitro groups is 1. The monoisotopic (exact) mass is 251 g/mol. The van der Waals surface area contributed by atoms with Gasteiger partial charge in [-0.25, -0.2) is 0 Å². The SMILES string of the molecule is CCC(CC)(CN)Nc1cccc([N+](=O)[O-])c1C. The van der Waals surface area contributed by atoms with Crippen LogP contribution in [-0.2, 0) is 0 Å². The lowest BCUT2D eigenvalue weighted by molar-refractivity contribution is -0.385. The molecule has 0 radical (unpaired) electrons. The van der Waals surface area contributed by atoms with E-state index in [4.69, 9.17) is 5.73 Å². The second-order valence-electron chi connectivity index (χ2n) is 4.52. The van der Waals surface area contributed by atoms with Gasteiger partial charge >= 0.3 is 0 Å². The molecule has 0 aliphatic rings. The molecule has 1 aromatic rings. The van der Waals surface area contributed by atoms with Crippen LogP contribution in [0.5, 0.6) is 0 Å². The first kappa shape index (κ1) is 14.4. The molecule has 0 amide bonds. The zero-order chi connectivity index (χ0) is 13.8. The lowest BCUT2D eigenvalue weighted by atomic mass is 9.92. The van der Waals surface area contributed by atoms with Gasteiger partial charge in [0.05, 0.1) is 4.92 Å². The molecular weight excluding hydrogens is 230 g/mol. The molecule has 0 unspecified atom stereocenters. The van der Waals surface area contributed by atoms with Gasteiger partial charge in [0.15, 0.2) is 0 Å². The average Bonchev–Trinajstić information content (AvgIpc) is 2.38. The first-order chi connectivity index (χ1) is 8.49. The molecule has 18 heavy (non-hydrogen) atoms. The van der Waals surface area contributed by atoms with Gasteiger partial charge in [0.25, 0.3) is 5.69 Å². The van der Waals surface area contributed by atoms with E-state index in [1.807, 2.05) is 6.07 Å². The van der Waals surface area contributed by atoms with Crippen molar-refractivity contribution in [3.8, 4) is 0 Å². The van der Waals surface area contributed by atoms with E-state index in [-0.39, 0.29) is 16.1 Å². The minimum Gasteiger partial charge on any atom is -0.378 e. The fourth-order valence-corrected chi connectivity index (χ4v) is 2.01. The second-order valence-corrected chi connectivity index (χ2v) is 4.52. The fourth-order valence-electron chi connectivity index (χ4n) is 2.01. The van der Waals surface area contributed by atoms with Crippen LogP contribution in [0.4, 0.5) is 11.4 Å². The van der Waals surface area contributed by atoms with Crippen molar-refractivity contribution in [2.75, 3.05) is 11.9 Å². The minimum atomic E-state index is -0.359. The Kier molecular flexibility index (Phi) is 4.67. The van der Waals surface area contributed by atoms with Crippen LogP contribution in [-0.4, -0.2) is 17.0 Å². The molecule has 5 heteroatoms. The number of nitro benzene ring substituents is 1. The Balaban J connectivity index is 3.11. The zero-order valence-corrected chi connectivity index (χ0v) is 11.2.